The summed E-state index contributed by atoms with van der Waals surface area (Å²) in [4.78, 5) is 0. The average Bonchev–Trinajstić information content (AvgIpc) is 2.57. The normalized spacial score (nSPS) is 17.0. The van der Waals surface area contributed by atoms with Crippen LogP contribution in [-0.4, -0.2) is 30.7 Å². The zero-order chi connectivity index (χ0) is 15.9. The molecule has 0 spiro atoms. The highest BCUT2D eigenvalue weighted by molar-refractivity contribution is 4.55. The summed E-state index contributed by atoms with van der Waals surface area (Å²) >= 11 is 0. The molecule has 23 heavy (non-hydrogen) atoms. The molecule has 0 aliphatic carbocycles. The molecular weight excluding hydrogens is 346 g/mol. The first-order valence-corrected chi connectivity index (χ1v) is 10.7. The van der Waals surface area contributed by atoms with Crippen LogP contribution in [0.1, 0.15) is 110 Å². The van der Waals surface area contributed by atoms with Crippen molar-refractivity contribution in [2.24, 2.45) is 0 Å². The van der Waals surface area contributed by atoms with Crippen LogP contribution in [0, 0.1) is 0 Å². The SMILES string of the molecule is CCCCCCCCCCCCCC[N+]1(CC)CCCCC1.[Br-]. The Labute approximate surface area is 158 Å². The smallest absolute Gasteiger partial charge is 0.0786 e. The fraction of sp³-hybridized carbons (Fsp3) is 1.00. The van der Waals surface area contributed by atoms with E-state index < -0.39 is 0 Å². The van der Waals surface area contributed by atoms with E-state index in [4.69, 9.17) is 0 Å². The fourth-order valence-electron chi connectivity index (χ4n) is 4.17. The number of rotatable bonds is 14. The summed E-state index contributed by atoms with van der Waals surface area (Å²) in [5.74, 6) is 0. The van der Waals surface area contributed by atoms with Gasteiger partial charge in [-0.2, -0.15) is 0 Å². The van der Waals surface area contributed by atoms with E-state index in [0.29, 0.717) is 0 Å². The molecule has 1 rings (SSSR count). The van der Waals surface area contributed by atoms with Crippen molar-refractivity contribution in [1.29, 1.82) is 0 Å². The Hall–Kier alpha value is 0.440. The summed E-state index contributed by atoms with van der Waals surface area (Å²) in [5.41, 5.74) is 0. The first kappa shape index (κ1) is 23.4. The van der Waals surface area contributed by atoms with Crippen molar-refractivity contribution in [3.8, 4) is 0 Å². The van der Waals surface area contributed by atoms with Crippen LogP contribution < -0.4 is 17.0 Å². The Morgan fingerprint density at radius 3 is 1.43 bits per heavy atom. The van der Waals surface area contributed by atoms with E-state index in [0.717, 1.165) is 0 Å². The van der Waals surface area contributed by atoms with Gasteiger partial charge in [-0.1, -0.05) is 71.1 Å². The minimum absolute atomic E-state index is 0. The van der Waals surface area contributed by atoms with Crippen molar-refractivity contribution in [2.45, 2.75) is 110 Å². The Balaban J connectivity index is 0.00000484. The summed E-state index contributed by atoms with van der Waals surface area (Å²) in [7, 11) is 0. The molecule has 0 N–H and O–H groups in total. The summed E-state index contributed by atoms with van der Waals surface area (Å²) in [5, 5.41) is 0. The van der Waals surface area contributed by atoms with Crippen LogP contribution in [0.5, 0.6) is 0 Å². The molecule has 0 aromatic carbocycles. The van der Waals surface area contributed by atoms with E-state index in [1.807, 2.05) is 0 Å². The van der Waals surface area contributed by atoms with E-state index >= 15 is 0 Å². The molecule has 0 unspecified atom stereocenters. The number of unbranched alkanes of at least 4 members (excludes halogenated alkanes) is 11. The van der Waals surface area contributed by atoms with Gasteiger partial charge in [0, 0.05) is 0 Å². The minimum atomic E-state index is 0. The summed E-state index contributed by atoms with van der Waals surface area (Å²) in [6, 6.07) is 0. The lowest BCUT2D eigenvalue weighted by Crippen LogP contribution is -3.00. The molecule has 0 aromatic rings. The van der Waals surface area contributed by atoms with Crippen LogP contribution in [0.4, 0.5) is 0 Å². The van der Waals surface area contributed by atoms with Crippen molar-refractivity contribution in [3.63, 3.8) is 0 Å². The first-order valence-electron chi connectivity index (χ1n) is 10.7. The highest BCUT2D eigenvalue weighted by Crippen LogP contribution is 2.20. The predicted molar refractivity (Wildman–Crippen MR) is 100 cm³/mol. The average molecular weight is 390 g/mol. The Morgan fingerprint density at radius 1 is 0.565 bits per heavy atom. The maximum atomic E-state index is 2.41. The summed E-state index contributed by atoms with van der Waals surface area (Å²) in [6.07, 6.45) is 22.1. The van der Waals surface area contributed by atoms with Gasteiger partial charge in [0.1, 0.15) is 0 Å². The number of piperidine rings is 1. The molecule has 1 fully saturated rings. The van der Waals surface area contributed by atoms with E-state index in [1.165, 1.54) is 127 Å². The molecular formula is C21H44BrN. The molecule has 140 valence electrons. The van der Waals surface area contributed by atoms with Crippen molar-refractivity contribution >= 4 is 0 Å². The van der Waals surface area contributed by atoms with Gasteiger partial charge in [0.2, 0.25) is 0 Å². The van der Waals surface area contributed by atoms with Crippen LogP contribution in [0.3, 0.4) is 0 Å². The highest BCUT2D eigenvalue weighted by atomic mass is 79.9. The molecule has 1 nitrogen and oxygen atoms in total. The lowest BCUT2D eigenvalue weighted by atomic mass is 10.0. The topological polar surface area (TPSA) is 0 Å². The number of hydrogen-bond acceptors (Lipinski definition) is 0. The molecule has 1 heterocycles. The Kier molecular flexibility index (Phi) is 16.2. The van der Waals surface area contributed by atoms with Gasteiger partial charge in [0.25, 0.3) is 0 Å². The number of halogens is 1. The van der Waals surface area contributed by atoms with Gasteiger partial charge < -0.3 is 21.5 Å². The number of quaternary nitrogens is 1. The maximum Gasteiger partial charge on any atom is 0.0786 e. The van der Waals surface area contributed by atoms with E-state index in [-0.39, 0.29) is 17.0 Å². The zero-order valence-corrected chi connectivity index (χ0v) is 17.8. The molecule has 0 bridgehead atoms. The molecule has 0 atom stereocenters. The second-order valence-electron chi connectivity index (χ2n) is 7.78. The van der Waals surface area contributed by atoms with Crippen LogP contribution in [0.15, 0.2) is 0 Å². The van der Waals surface area contributed by atoms with Crippen LogP contribution in [0.2, 0.25) is 0 Å². The lowest BCUT2D eigenvalue weighted by Gasteiger charge is -2.41. The summed E-state index contributed by atoms with van der Waals surface area (Å²) in [6.45, 7) is 10.5. The van der Waals surface area contributed by atoms with Gasteiger partial charge in [-0.15, -0.1) is 0 Å². The molecule has 1 saturated heterocycles. The van der Waals surface area contributed by atoms with E-state index in [9.17, 15) is 0 Å². The fourth-order valence-corrected chi connectivity index (χ4v) is 4.17. The zero-order valence-electron chi connectivity index (χ0n) is 16.3. The third-order valence-electron chi connectivity index (χ3n) is 5.92. The molecule has 0 amide bonds. The second-order valence-corrected chi connectivity index (χ2v) is 7.78. The number of nitrogens with zero attached hydrogens (tertiary/aromatic N) is 1. The van der Waals surface area contributed by atoms with Gasteiger partial charge in [0.05, 0.1) is 26.2 Å². The standard InChI is InChI=1S/C21H44N.BrH/c1-3-5-6-7-8-9-10-11-12-13-14-16-19-22(4-2)20-17-15-18-21-22;/h3-21H2,1-2H3;1H/q+1;/p-1. The highest BCUT2D eigenvalue weighted by Gasteiger charge is 2.26. The molecule has 0 radical (unpaired) electrons. The number of likely N-dealkylation sites (tertiary alicyclic amines) is 1. The van der Waals surface area contributed by atoms with Gasteiger partial charge in [-0.3, -0.25) is 0 Å². The lowest BCUT2D eigenvalue weighted by molar-refractivity contribution is -0.931. The molecule has 0 saturated carbocycles. The van der Waals surface area contributed by atoms with Gasteiger partial charge >= 0.3 is 0 Å². The summed E-state index contributed by atoms with van der Waals surface area (Å²) < 4.78 is 1.44. The molecule has 2 heteroatoms. The predicted octanol–water partition coefficient (Wildman–Crippen LogP) is 3.71. The van der Waals surface area contributed by atoms with E-state index in [2.05, 4.69) is 13.8 Å². The maximum absolute atomic E-state index is 2.41. The van der Waals surface area contributed by atoms with E-state index in [1.54, 1.807) is 0 Å². The van der Waals surface area contributed by atoms with Gasteiger partial charge in [-0.05, 0) is 39.0 Å². The third-order valence-corrected chi connectivity index (χ3v) is 5.92. The molecule has 0 aromatic heterocycles. The first-order chi connectivity index (χ1) is 10.8. The van der Waals surface area contributed by atoms with Crippen molar-refractivity contribution in [1.82, 2.24) is 0 Å². The number of hydrogen-bond donors (Lipinski definition) is 0. The Bertz CT molecular complexity index is 236. The quantitative estimate of drug-likeness (QED) is 0.313. The second kappa shape index (κ2) is 15.9. The molecule has 1 aliphatic heterocycles. The monoisotopic (exact) mass is 389 g/mol. The Morgan fingerprint density at radius 2 is 1.00 bits per heavy atom. The van der Waals surface area contributed by atoms with Gasteiger partial charge in [0.15, 0.2) is 0 Å². The van der Waals surface area contributed by atoms with Crippen molar-refractivity contribution < 1.29 is 21.5 Å². The molecule has 1 aliphatic rings. The van der Waals surface area contributed by atoms with Crippen molar-refractivity contribution in [2.75, 3.05) is 26.2 Å². The third kappa shape index (κ3) is 11.6. The van der Waals surface area contributed by atoms with Crippen molar-refractivity contribution in [3.05, 3.63) is 0 Å². The van der Waals surface area contributed by atoms with Crippen LogP contribution >= 0.6 is 0 Å². The van der Waals surface area contributed by atoms with Crippen LogP contribution in [-0.2, 0) is 0 Å². The van der Waals surface area contributed by atoms with Crippen LogP contribution in [0.25, 0.3) is 0 Å². The largest absolute Gasteiger partial charge is 1.00 e. The minimum Gasteiger partial charge on any atom is -1.00 e. The van der Waals surface area contributed by atoms with Gasteiger partial charge in [-0.25, -0.2) is 0 Å².